The quantitative estimate of drug-likeness (QED) is 0.559. The lowest BCUT2D eigenvalue weighted by molar-refractivity contribution is 0.102. The Labute approximate surface area is 165 Å². The Morgan fingerprint density at radius 2 is 1.79 bits per heavy atom. The summed E-state index contributed by atoms with van der Waals surface area (Å²) in [6.45, 7) is 1.76. The molecule has 9 nitrogen and oxygen atoms in total. The van der Waals surface area contributed by atoms with E-state index in [2.05, 4.69) is 31.0 Å². The number of hydrogen-bond donors (Lipinski definition) is 1. The van der Waals surface area contributed by atoms with E-state index in [9.17, 15) is 4.79 Å². The van der Waals surface area contributed by atoms with Crippen LogP contribution in [-0.2, 0) is 0 Å². The minimum Gasteiger partial charge on any atom is -0.334 e. The summed E-state index contributed by atoms with van der Waals surface area (Å²) in [6, 6.07) is 14.9. The fraction of sp³-hybridized carbons (Fsp3) is 0.200. The summed E-state index contributed by atoms with van der Waals surface area (Å²) in [5, 5.41) is 18.6. The van der Waals surface area contributed by atoms with Crippen LogP contribution in [0.15, 0.2) is 53.1 Å². The summed E-state index contributed by atoms with van der Waals surface area (Å²) in [6.07, 6.45) is 2.22. The van der Waals surface area contributed by atoms with Crippen LogP contribution in [0.25, 0.3) is 22.8 Å². The van der Waals surface area contributed by atoms with Crippen molar-refractivity contribution in [3.63, 3.8) is 0 Å². The average Bonchev–Trinajstić information content (AvgIpc) is 3.30. The van der Waals surface area contributed by atoms with Gasteiger partial charge in [-0.3, -0.25) is 4.79 Å². The molecule has 5 rings (SSSR count). The van der Waals surface area contributed by atoms with Gasteiger partial charge in [-0.15, -0.1) is 5.10 Å². The van der Waals surface area contributed by atoms with E-state index in [0.29, 0.717) is 29.0 Å². The summed E-state index contributed by atoms with van der Waals surface area (Å²) >= 11 is 0. The molecule has 0 radical (unpaired) electrons. The molecule has 1 aliphatic carbocycles. The van der Waals surface area contributed by atoms with Gasteiger partial charge in [0.1, 0.15) is 0 Å². The molecular weight excluding hydrogens is 370 g/mol. The van der Waals surface area contributed by atoms with Crippen molar-refractivity contribution in [2.75, 3.05) is 5.32 Å². The highest BCUT2D eigenvalue weighted by Gasteiger charge is 2.28. The molecule has 0 bridgehead atoms. The van der Waals surface area contributed by atoms with Gasteiger partial charge in [0, 0.05) is 22.4 Å². The normalized spacial score (nSPS) is 13.4. The number of benzene rings is 2. The number of rotatable bonds is 5. The lowest BCUT2D eigenvalue weighted by Crippen LogP contribution is -2.11. The number of carbonyl (C=O) groups is 1. The summed E-state index contributed by atoms with van der Waals surface area (Å²) in [7, 11) is 0. The average molecular weight is 387 g/mol. The Morgan fingerprint density at radius 3 is 2.45 bits per heavy atom. The van der Waals surface area contributed by atoms with E-state index < -0.39 is 0 Å². The first-order valence-corrected chi connectivity index (χ1v) is 9.28. The number of aryl methyl sites for hydroxylation is 1. The number of nitrogens with zero attached hydrogens (tertiary/aromatic N) is 6. The number of amides is 1. The van der Waals surface area contributed by atoms with Crippen molar-refractivity contribution < 1.29 is 9.32 Å². The Hall–Kier alpha value is -3.88. The molecule has 2 aromatic heterocycles. The summed E-state index contributed by atoms with van der Waals surface area (Å²) in [5.41, 5.74) is 2.91. The van der Waals surface area contributed by atoms with Crippen LogP contribution < -0.4 is 5.32 Å². The van der Waals surface area contributed by atoms with Crippen LogP contribution in [0.4, 0.5) is 5.69 Å². The lowest BCUT2D eigenvalue weighted by Gasteiger charge is -2.07. The molecule has 2 heterocycles. The minimum atomic E-state index is -0.200. The first-order chi connectivity index (χ1) is 14.2. The molecule has 144 valence electrons. The zero-order valence-corrected chi connectivity index (χ0v) is 15.6. The van der Waals surface area contributed by atoms with Crippen molar-refractivity contribution in [3.8, 4) is 22.8 Å². The maximum absolute atomic E-state index is 12.5. The molecule has 0 unspecified atom stereocenters. The van der Waals surface area contributed by atoms with E-state index >= 15 is 0 Å². The zero-order chi connectivity index (χ0) is 19.8. The molecular formula is C20H17N7O2. The highest BCUT2D eigenvalue weighted by molar-refractivity contribution is 6.04. The van der Waals surface area contributed by atoms with E-state index in [1.165, 1.54) is 0 Å². The van der Waals surface area contributed by atoms with Crippen LogP contribution >= 0.6 is 0 Å². The first kappa shape index (κ1) is 17.2. The molecule has 2 aromatic carbocycles. The molecule has 1 N–H and O–H groups in total. The number of tetrazole rings is 1. The molecule has 0 aliphatic heterocycles. The highest BCUT2D eigenvalue weighted by atomic mass is 16.5. The second-order valence-electron chi connectivity index (χ2n) is 6.93. The molecule has 29 heavy (non-hydrogen) atoms. The molecule has 0 saturated heterocycles. The zero-order valence-electron chi connectivity index (χ0n) is 15.6. The molecule has 1 amide bonds. The third-order valence-corrected chi connectivity index (χ3v) is 4.71. The topological polar surface area (TPSA) is 112 Å². The van der Waals surface area contributed by atoms with Crippen molar-refractivity contribution in [2.24, 2.45) is 0 Å². The predicted octanol–water partition coefficient (Wildman–Crippen LogP) is 3.29. The molecule has 9 heteroatoms. The van der Waals surface area contributed by atoms with E-state index in [-0.39, 0.29) is 5.91 Å². The summed E-state index contributed by atoms with van der Waals surface area (Å²) < 4.78 is 7.00. The Kier molecular flexibility index (Phi) is 4.12. The standard InChI is InChI=1S/C20H17N7O2/c1-12-21-20(29-24-12)15-4-2-14(3-5-15)19(28)22-16-8-6-13(7-9-16)18-23-25-26-27(18)17-10-11-17/h2-9,17H,10-11H2,1H3,(H,22,28). The largest absolute Gasteiger partial charge is 0.334 e. The maximum Gasteiger partial charge on any atom is 0.257 e. The number of nitrogens with one attached hydrogen (secondary N) is 1. The van der Waals surface area contributed by atoms with Crippen LogP contribution in [0.5, 0.6) is 0 Å². The van der Waals surface area contributed by atoms with Crippen molar-refractivity contribution in [2.45, 2.75) is 25.8 Å². The number of aromatic nitrogens is 6. The Bertz CT molecular complexity index is 1160. The van der Waals surface area contributed by atoms with Crippen molar-refractivity contribution in [1.82, 2.24) is 30.3 Å². The van der Waals surface area contributed by atoms with Gasteiger partial charge >= 0.3 is 0 Å². The Morgan fingerprint density at radius 1 is 1.07 bits per heavy atom. The molecule has 4 aromatic rings. The molecule has 0 atom stereocenters. The van der Waals surface area contributed by atoms with Gasteiger partial charge in [0.05, 0.1) is 6.04 Å². The van der Waals surface area contributed by atoms with Gasteiger partial charge in [0.25, 0.3) is 11.8 Å². The maximum atomic E-state index is 12.5. The fourth-order valence-corrected chi connectivity index (χ4v) is 3.03. The smallest absolute Gasteiger partial charge is 0.257 e. The molecule has 0 spiro atoms. The summed E-state index contributed by atoms with van der Waals surface area (Å²) in [5.74, 6) is 1.54. The third kappa shape index (κ3) is 3.49. The first-order valence-electron chi connectivity index (χ1n) is 9.28. The lowest BCUT2D eigenvalue weighted by atomic mass is 10.1. The molecule has 1 aliphatic rings. The van der Waals surface area contributed by atoms with Gasteiger partial charge in [0.2, 0.25) is 0 Å². The summed E-state index contributed by atoms with van der Waals surface area (Å²) in [4.78, 5) is 16.7. The van der Waals surface area contributed by atoms with Gasteiger partial charge in [0.15, 0.2) is 11.6 Å². The van der Waals surface area contributed by atoms with E-state index in [1.54, 1.807) is 31.2 Å². The van der Waals surface area contributed by atoms with E-state index in [0.717, 1.165) is 29.8 Å². The second-order valence-corrected chi connectivity index (χ2v) is 6.93. The van der Waals surface area contributed by atoms with Crippen molar-refractivity contribution in [1.29, 1.82) is 0 Å². The Balaban J connectivity index is 1.28. The number of hydrogen-bond acceptors (Lipinski definition) is 7. The number of anilines is 1. The molecule has 1 saturated carbocycles. The van der Waals surface area contributed by atoms with Gasteiger partial charge < -0.3 is 9.84 Å². The fourth-order valence-electron chi connectivity index (χ4n) is 3.03. The molecule has 1 fully saturated rings. The minimum absolute atomic E-state index is 0.200. The van der Waals surface area contributed by atoms with Crippen LogP contribution in [0, 0.1) is 6.92 Å². The van der Waals surface area contributed by atoms with Crippen molar-refractivity contribution >= 4 is 11.6 Å². The van der Waals surface area contributed by atoms with Gasteiger partial charge in [-0.1, -0.05) is 5.16 Å². The highest BCUT2D eigenvalue weighted by Crippen LogP contribution is 2.36. The SMILES string of the molecule is Cc1noc(-c2ccc(C(=O)Nc3ccc(-c4nnnn4C4CC4)cc3)cc2)n1. The van der Waals surface area contributed by atoms with Crippen LogP contribution in [-0.4, -0.2) is 36.3 Å². The van der Waals surface area contributed by atoms with Gasteiger partial charge in [-0.05, 0) is 78.7 Å². The van der Waals surface area contributed by atoms with Crippen LogP contribution in [0.1, 0.15) is 35.1 Å². The van der Waals surface area contributed by atoms with Crippen molar-refractivity contribution in [3.05, 3.63) is 59.9 Å². The second kappa shape index (κ2) is 6.93. The monoisotopic (exact) mass is 387 g/mol. The van der Waals surface area contributed by atoms with Crippen LogP contribution in [0.2, 0.25) is 0 Å². The predicted molar refractivity (Wildman–Crippen MR) is 104 cm³/mol. The third-order valence-electron chi connectivity index (χ3n) is 4.71. The van der Waals surface area contributed by atoms with E-state index in [1.807, 2.05) is 28.9 Å². The number of carbonyl (C=O) groups excluding carboxylic acids is 1. The van der Waals surface area contributed by atoms with Gasteiger partial charge in [-0.2, -0.15) is 4.98 Å². The van der Waals surface area contributed by atoms with Gasteiger partial charge in [-0.25, -0.2) is 4.68 Å². The van der Waals surface area contributed by atoms with Crippen LogP contribution in [0.3, 0.4) is 0 Å². The van der Waals surface area contributed by atoms with E-state index in [4.69, 9.17) is 4.52 Å².